The summed E-state index contributed by atoms with van der Waals surface area (Å²) in [7, 11) is 0. The van der Waals surface area contributed by atoms with Crippen LogP contribution in [0.4, 0.5) is 5.69 Å². The summed E-state index contributed by atoms with van der Waals surface area (Å²) >= 11 is 5.13. The monoisotopic (exact) mass is 374 g/mol. The van der Waals surface area contributed by atoms with Gasteiger partial charge in [-0.05, 0) is 48.0 Å². The molecule has 3 nitrogen and oxygen atoms in total. The summed E-state index contributed by atoms with van der Waals surface area (Å²) in [5, 5.41) is 4.07. The first-order valence-corrected chi connectivity index (χ1v) is 8.86. The standard InChI is InChI=1S/C17H15BrN2OS/c1-22-15-4-2-3-14(10-15)19-17(21)11-20-8-7-12-5-6-13(18)9-16(12)20/h2-10H,11H2,1H3,(H,19,21). The molecule has 0 saturated heterocycles. The van der Waals surface area contributed by atoms with Crippen LogP contribution >= 0.6 is 27.7 Å². The number of nitrogens with one attached hydrogen (secondary N) is 1. The Morgan fingerprint density at radius 2 is 2.09 bits per heavy atom. The first-order valence-electron chi connectivity index (χ1n) is 6.84. The summed E-state index contributed by atoms with van der Waals surface area (Å²) < 4.78 is 2.96. The third-order valence-electron chi connectivity index (χ3n) is 3.40. The molecule has 0 bridgehead atoms. The zero-order valence-electron chi connectivity index (χ0n) is 12.0. The number of hydrogen-bond donors (Lipinski definition) is 1. The van der Waals surface area contributed by atoms with Gasteiger partial charge in [-0.1, -0.05) is 28.1 Å². The quantitative estimate of drug-likeness (QED) is 0.667. The normalized spacial score (nSPS) is 10.8. The van der Waals surface area contributed by atoms with E-state index in [0.29, 0.717) is 6.54 Å². The van der Waals surface area contributed by atoms with Crippen molar-refractivity contribution >= 4 is 50.2 Å². The van der Waals surface area contributed by atoms with E-state index in [1.54, 1.807) is 11.8 Å². The molecule has 3 aromatic rings. The summed E-state index contributed by atoms with van der Waals surface area (Å²) in [5.74, 6) is -0.0317. The Morgan fingerprint density at radius 3 is 2.91 bits per heavy atom. The Morgan fingerprint density at radius 1 is 1.23 bits per heavy atom. The van der Waals surface area contributed by atoms with Gasteiger partial charge in [-0.15, -0.1) is 11.8 Å². The second-order valence-corrected chi connectivity index (χ2v) is 6.72. The average molecular weight is 375 g/mol. The molecule has 3 rings (SSSR count). The molecule has 1 amide bonds. The number of carbonyl (C=O) groups excluding carboxylic acids is 1. The van der Waals surface area contributed by atoms with Gasteiger partial charge in [0.2, 0.25) is 5.91 Å². The number of nitrogens with zero attached hydrogens (tertiary/aromatic N) is 1. The number of halogens is 1. The Kier molecular flexibility index (Phi) is 4.55. The predicted molar refractivity (Wildman–Crippen MR) is 96.5 cm³/mol. The molecule has 0 aliphatic heterocycles. The molecule has 0 fully saturated rings. The number of rotatable bonds is 4. The van der Waals surface area contributed by atoms with E-state index >= 15 is 0 Å². The fourth-order valence-electron chi connectivity index (χ4n) is 2.35. The van der Waals surface area contributed by atoms with Crippen molar-refractivity contribution in [3.8, 4) is 0 Å². The van der Waals surface area contributed by atoms with Crippen molar-refractivity contribution < 1.29 is 4.79 Å². The molecule has 22 heavy (non-hydrogen) atoms. The summed E-state index contributed by atoms with van der Waals surface area (Å²) in [4.78, 5) is 13.4. The number of carbonyl (C=O) groups is 1. The van der Waals surface area contributed by atoms with Crippen LogP contribution in [0, 0.1) is 0 Å². The van der Waals surface area contributed by atoms with Crippen LogP contribution in [0.2, 0.25) is 0 Å². The van der Waals surface area contributed by atoms with Crippen molar-refractivity contribution in [3.63, 3.8) is 0 Å². The topological polar surface area (TPSA) is 34.0 Å². The third kappa shape index (κ3) is 3.36. The van der Waals surface area contributed by atoms with Gasteiger partial charge in [0.05, 0.1) is 0 Å². The molecule has 2 aromatic carbocycles. The molecule has 112 valence electrons. The van der Waals surface area contributed by atoms with Crippen molar-refractivity contribution in [3.05, 3.63) is 59.2 Å². The lowest BCUT2D eigenvalue weighted by atomic mass is 10.2. The molecular weight excluding hydrogens is 360 g/mol. The molecule has 1 N–H and O–H groups in total. The predicted octanol–water partition coefficient (Wildman–Crippen LogP) is 4.76. The number of aromatic nitrogens is 1. The molecule has 0 spiro atoms. The van der Waals surface area contributed by atoms with E-state index in [-0.39, 0.29) is 5.91 Å². The highest BCUT2D eigenvalue weighted by Crippen LogP contribution is 2.22. The molecule has 1 heterocycles. The number of benzene rings is 2. The van der Waals surface area contributed by atoms with Gasteiger partial charge in [0, 0.05) is 26.8 Å². The lowest BCUT2D eigenvalue weighted by Gasteiger charge is -2.08. The molecule has 0 saturated carbocycles. The number of hydrogen-bond acceptors (Lipinski definition) is 2. The second kappa shape index (κ2) is 6.58. The van der Waals surface area contributed by atoms with E-state index in [0.717, 1.165) is 26.0 Å². The third-order valence-corrected chi connectivity index (χ3v) is 4.62. The molecule has 0 atom stereocenters. The molecule has 0 aliphatic rings. The van der Waals surface area contributed by atoms with Crippen molar-refractivity contribution in [2.45, 2.75) is 11.4 Å². The largest absolute Gasteiger partial charge is 0.338 e. The van der Waals surface area contributed by atoms with Crippen LogP contribution in [0.1, 0.15) is 0 Å². The maximum Gasteiger partial charge on any atom is 0.244 e. The maximum absolute atomic E-state index is 12.3. The Labute approximate surface area is 141 Å². The number of fused-ring (bicyclic) bond motifs is 1. The molecule has 5 heteroatoms. The van der Waals surface area contributed by atoms with Gasteiger partial charge >= 0.3 is 0 Å². The highest BCUT2D eigenvalue weighted by Gasteiger charge is 2.07. The lowest BCUT2D eigenvalue weighted by Crippen LogP contribution is -2.18. The van der Waals surface area contributed by atoms with Crippen LogP contribution in [-0.4, -0.2) is 16.7 Å². The van der Waals surface area contributed by atoms with Crippen LogP contribution in [-0.2, 0) is 11.3 Å². The van der Waals surface area contributed by atoms with Crippen LogP contribution in [0.25, 0.3) is 10.9 Å². The van der Waals surface area contributed by atoms with Gasteiger partial charge < -0.3 is 9.88 Å². The summed E-state index contributed by atoms with van der Waals surface area (Å²) in [5.41, 5.74) is 1.87. The zero-order valence-corrected chi connectivity index (χ0v) is 14.4. The first kappa shape index (κ1) is 15.2. The van der Waals surface area contributed by atoms with Gasteiger partial charge in [0.25, 0.3) is 0 Å². The van der Waals surface area contributed by atoms with Gasteiger partial charge in [-0.25, -0.2) is 0 Å². The minimum atomic E-state index is -0.0317. The van der Waals surface area contributed by atoms with Gasteiger partial charge in [-0.3, -0.25) is 4.79 Å². The average Bonchev–Trinajstić information content (AvgIpc) is 2.89. The van der Waals surface area contributed by atoms with E-state index in [2.05, 4.69) is 21.2 Å². The fraction of sp³-hybridized carbons (Fsp3) is 0.118. The van der Waals surface area contributed by atoms with Crippen LogP contribution in [0.3, 0.4) is 0 Å². The SMILES string of the molecule is CSc1cccc(NC(=O)Cn2ccc3ccc(Br)cc32)c1. The van der Waals surface area contributed by atoms with E-state index < -0.39 is 0 Å². The lowest BCUT2D eigenvalue weighted by molar-refractivity contribution is -0.116. The van der Waals surface area contributed by atoms with Crippen molar-refractivity contribution in [2.75, 3.05) is 11.6 Å². The molecule has 0 unspecified atom stereocenters. The van der Waals surface area contributed by atoms with Crippen molar-refractivity contribution in [2.24, 2.45) is 0 Å². The minimum Gasteiger partial charge on any atom is -0.338 e. The van der Waals surface area contributed by atoms with E-state index in [1.807, 2.05) is 65.6 Å². The second-order valence-electron chi connectivity index (χ2n) is 4.93. The van der Waals surface area contributed by atoms with E-state index in [1.165, 1.54) is 0 Å². The highest BCUT2D eigenvalue weighted by atomic mass is 79.9. The van der Waals surface area contributed by atoms with Crippen molar-refractivity contribution in [1.82, 2.24) is 4.57 Å². The molecule has 0 aliphatic carbocycles. The van der Waals surface area contributed by atoms with Crippen LogP contribution in [0.5, 0.6) is 0 Å². The first-order chi connectivity index (χ1) is 10.7. The van der Waals surface area contributed by atoms with Crippen LogP contribution < -0.4 is 5.32 Å². The van der Waals surface area contributed by atoms with Gasteiger partial charge in [-0.2, -0.15) is 0 Å². The number of anilines is 1. The van der Waals surface area contributed by atoms with E-state index in [9.17, 15) is 4.79 Å². The highest BCUT2D eigenvalue weighted by molar-refractivity contribution is 9.10. The number of amides is 1. The summed E-state index contributed by atoms with van der Waals surface area (Å²) in [6.45, 7) is 0.295. The van der Waals surface area contributed by atoms with Crippen molar-refractivity contribution in [1.29, 1.82) is 0 Å². The fourth-order valence-corrected chi connectivity index (χ4v) is 3.16. The number of thioether (sulfide) groups is 1. The smallest absolute Gasteiger partial charge is 0.244 e. The molecular formula is C17H15BrN2OS. The summed E-state index contributed by atoms with van der Waals surface area (Å²) in [6.07, 6.45) is 3.96. The summed E-state index contributed by atoms with van der Waals surface area (Å²) in [6, 6.07) is 15.9. The van der Waals surface area contributed by atoms with Gasteiger partial charge in [0.15, 0.2) is 0 Å². The zero-order chi connectivity index (χ0) is 15.5. The van der Waals surface area contributed by atoms with E-state index in [4.69, 9.17) is 0 Å². The maximum atomic E-state index is 12.3. The Hall–Kier alpha value is -1.72. The minimum absolute atomic E-state index is 0.0317. The van der Waals surface area contributed by atoms with Crippen LogP contribution in [0.15, 0.2) is 64.1 Å². The molecule has 1 aromatic heterocycles. The Balaban J connectivity index is 1.76. The van der Waals surface area contributed by atoms with Gasteiger partial charge in [0.1, 0.15) is 6.54 Å². The Bertz CT molecular complexity index is 828. The molecule has 0 radical (unpaired) electrons.